The summed E-state index contributed by atoms with van der Waals surface area (Å²) in [6.07, 6.45) is 1.78. The molecule has 29 heavy (non-hydrogen) atoms. The number of ether oxygens (including phenoxy) is 1. The lowest BCUT2D eigenvalue weighted by atomic mass is 10.0. The second-order valence-electron chi connectivity index (χ2n) is 7.72. The van der Waals surface area contributed by atoms with E-state index in [4.69, 9.17) is 21.4 Å². The first-order valence-electron chi connectivity index (χ1n) is 10.5. The molecule has 6 heteroatoms. The Bertz CT molecular complexity index is 811. The summed E-state index contributed by atoms with van der Waals surface area (Å²) in [6.45, 7) is 7.28. The van der Waals surface area contributed by atoms with E-state index in [2.05, 4.69) is 46.2 Å². The molecule has 0 aliphatic carbocycles. The predicted octanol–water partition coefficient (Wildman–Crippen LogP) is 4.11. The number of benzene rings is 2. The van der Waals surface area contributed by atoms with Crippen molar-refractivity contribution in [1.29, 1.82) is 0 Å². The Morgan fingerprint density at radius 2 is 1.76 bits per heavy atom. The summed E-state index contributed by atoms with van der Waals surface area (Å²) in [5.74, 6) is 0. The standard InChI is InChI=1S/C23H29ClN2O2S/c24-19-6-7-22-18(16-19)17-21(20-4-1-2-5-23(20)29-22)28-15-13-26-11-9-25(10-12-26)8-3-14-27/h1-2,4-7,16,21,27H,3,8-15,17H2. The van der Waals surface area contributed by atoms with Crippen LogP contribution in [-0.2, 0) is 11.2 Å². The topological polar surface area (TPSA) is 35.9 Å². The molecule has 1 unspecified atom stereocenters. The first kappa shape index (κ1) is 21.2. The van der Waals surface area contributed by atoms with E-state index in [-0.39, 0.29) is 12.7 Å². The van der Waals surface area contributed by atoms with Crippen molar-refractivity contribution in [3.05, 3.63) is 58.6 Å². The van der Waals surface area contributed by atoms with Gasteiger partial charge in [0.2, 0.25) is 0 Å². The zero-order valence-electron chi connectivity index (χ0n) is 16.7. The molecule has 2 aromatic carbocycles. The maximum atomic E-state index is 8.99. The van der Waals surface area contributed by atoms with Crippen LogP contribution < -0.4 is 0 Å². The van der Waals surface area contributed by atoms with Gasteiger partial charge in [-0.2, -0.15) is 0 Å². The Morgan fingerprint density at radius 3 is 2.55 bits per heavy atom. The van der Waals surface area contributed by atoms with Crippen LogP contribution in [0.3, 0.4) is 0 Å². The molecular formula is C23H29ClN2O2S. The highest BCUT2D eigenvalue weighted by Crippen LogP contribution is 2.42. The van der Waals surface area contributed by atoms with Crippen LogP contribution in [0.2, 0.25) is 5.02 Å². The maximum absolute atomic E-state index is 8.99. The van der Waals surface area contributed by atoms with Crippen molar-refractivity contribution in [2.45, 2.75) is 28.7 Å². The Hall–Kier alpha value is -1.08. The Balaban J connectivity index is 1.36. The third-order valence-corrected chi connectivity index (χ3v) is 7.18. The van der Waals surface area contributed by atoms with E-state index in [1.165, 1.54) is 20.9 Å². The molecule has 2 aliphatic heterocycles. The molecule has 1 fully saturated rings. The van der Waals surface area contributed by atoms with Crippen LogP contribution in [0.25, 0.3) is 0 Å². The van der Waals surface area contributed by atoms with Crippen molar-refractivity contribution in [1.82, 2.24) is 9.80 Å². The van der Waals surface area contributed by atoms with E-state index in [9.17, 15) is 0 Å². The Kier molecular flexibility index (Phi) is 7.51. The van der Waals surface area contributed by atoms with Gasteiger partial charge in [-0.25, -0.2) is 0 Å². The third-order valence-electron chi connectivity index (χ3n) is 5.74. The first-order valence-corrected chi connectivity index (χ1v) is 11.6. The Morgan fingerprint density at radius 1 is 1.00 bits per heavy atom. The zero-order valence-corrected chi connectivity index (χ0v) is 18.3. The first-order chi connectivity index (χ1) is 14.2. The van der Waals surface area contributed by atoms with E-state index in [0.29, 0.717) is 0 Å². The molecule has 2 heterocycles. The van der Waals surface area contributed by atoms with Crippen molar-refractivity contribution in [3.63, 3.8) is 0 Å². The summed E-state index contributed by atoms with van der Waals surface area (Å²) in [6, 6.07) is 14.8. The summed E-state index contributed by atoms with van der Waals surface area (Å²) in [7, 11) is 0. The van der Waals surface area contributed by atoms with E-state index in [1.54, 1.807) is 0 Å². The van der Waals surface area contributed by atoms with Gasteiger partial charge in [0.05, 0.1) is 12.7 Å². The molecule has 2 aliphatic rings. The monoisotopic (exact) mass is 432 g/mol. The van der Waals surface area contributed by atoms with E-state index in [1.807, 2.05) is 17.8 Å². The second-order valence-corrected chi connectivity index (χ2v) is 9.24. The highest BCUT2D eigenvalue weighted by Gasteiger charge is 2.24. The van der Waals surface area contributed by atoms with Gasteiger partial charge in [0.15, 0.2) is 0 Å². The molecule has 2 aromatic rings. The van der Waals surface area contributed by atoms with Crippen LogP contribution in [0.5, 0.6) is 0 Å². The summed E-state index contributed by atoms with van der Waals surface area (Å²) in [5, 5.41) is 9.78. The third kappa shape index (κ3) is 5.54. The lowest BCUT2D eigenvalue weighted by Gasteiger charge is -2.34. The van der Waals surface area contributed by atoms with Crippen molar-refractivity contribution in [2.75, 3.05) is 52.5 Å². The minimum Gasteiger partial charge on any atom is -0.396 e. The van der Waals surface area contributed by atoms with Gasteiger partial charge in [-0.05, 0) is 41.8 Å². The Labute approximate surface area is 182 Å². The van der Waals surface area contributed by atoms with E-state index >= 15 is 0 Å². The lowest BCUT2D eigenvalue weighted by molar-refractivity contribution is 0.0250. The summed E-state index contributed by atoms with van der Waals surface area (Å²) in [4.78, 5) is 7.47. The van der Waals surface area contributed by atoms with Gasteiger partial charge in [-0.3, -0.25) is 4.90 Å². The molecule has 4 nitrogen and oxygen atoms in total. The number of nitrogens with zero attached hydrogens (tertiary/aromatic N) is 2. The van der Waals surface area contributed by atoms with Crippen LogP contribution in [0.4, 0.5) is 0 Å². The molecule has 1 N–H and O–H groups in total. The number of fused-ring (bicyclic) bond motifs is 2. The van der Waals surface area contributed by atoms with Crippen LogP contribution in [0.15, 0.2) is 52.3 Å². The minimum absolute atomic E-state index is 0.0595. The lowest BCUT2D eigenvalue weighted by Crippen LogP contribution is -2.47. The molecule has 0 amide bonds. The highest BCUT2D eigenvalue weighted by molar-refractivity contribution is 7.99. The summed E-state index contributed by atoms with van der Waals surface area (Å²) >= 11 is 8.08. The van der Waals surface area contributed by atoms with Crippen molar-refractivity contribution < 1.29 is 9.84 Å². The van der Waals surface area contributed by atoms with Gasteiger partial charge in [0.1, 0.15) is 0 Å². The fourth-order valence-electron chi connectivity index (χ4n) is 4.08. The van der Waals surface area contributed by atoms with Crippen molar-refractivity contribution in [3.8, 4) is 0 Å². The fourth-order valence-corrected chi connectivity index (χ4v) is 5.38. The quantitative estimate of drug-likeness (QED) is 0.712. The molecule has 0 radical (unpaired) electrons. The molecule has 0 aromatic heterocycles. The number of halogens is 1. The van der Waals surface area contributed by atoms with Gasteiger partial charge in [-0.15, -0.1) is 0 Å². The van der Waals surface area contributed by atoms with Crippen LogP contribution in [0, 0.1) is 0 Å². The number of hydrogen-bond donors (Lipinski definition) is 1. The molecule has 0 spiro atoms. The minimum atomic E-state index is 0.0595. The summed E-state index contributed by atoms with van der Waals surface area (Å²) in [5.41, 5.74) is 2.54. The average Bonchev–Trinajstić information content (AvgIpc) is 2.89. The molecule has 1 atom stereocenters. The SMILES string of the molecule is OCCCN1CCN(CCOC2Cc3cc(Cl)ccc3Sc3ccccc32)CC1. The van der Waals surface area contributed by atoms with E-state index in [0.717, 1.165) is 63.7 Å². The number of hydrogen-bond acceptors (Lipinski definition) is 5. The van der Waals surface area contributed by atoms with E-state index < -0.39 is 0 Å². The number of aliphatic hydroxyl groups excluding tert-OH is 1. The molecule has 4 rings (SSSR count). The molecule has 1 saturated heterocycles. The fraction of sp³-hybridized carbons (Fsp3) is 0.478. The number of piperazine rings is 1. The van der Waals surface area contributed by atoms with Crippen molar-refractivity contribution in [2.24, 2.45) is 0 Å². The van der Waals surface area contributed by atoms with Gasteiger partial charge in [-0.1, -0.05) is 41.6 Å². The molecule has 0 bridgehead atoms. The maximum Gasteiger partial charge on any atom is 0.0877 e. The highest BCUT2D eigenvalue weighted by atomic mass is 35.5. The van der Waals surface area contributed by atoms with Crippen LogP contribution in [-0.4, -0.2) is 67.4 Å². The van der Waals surface area contributed by atoms with Gasteiger partial charge in [0.25, 0.3) is 0 Å². The molecule has 156 valence electrons. The molecular weight excluding hydrogens is 404 g/mol. The van der Waals surface area contributed by atoms with Gasteiger partial charge >= 0.3 is 0 Å². The average molecular weight is 433 g/mol. The zero-order chi connectivity index (χ0) is 20.1. The smallest absolute Gasteiger partial charge is 0.0877 e. The van der Waals surface area contributed by atoms with Crippen LogP contribution >= 0.6 is 23.4 Å². The summed E-state index contributed by atoms with van der Waals surface area (Å²) < 4.78 is 6.44. The van der Waals surface area contributed by atoms with Gasteiger partial charge in [0, 0.05) is 67.1 Å². The number of rotatable bonds is 7. The predicted molar refractivity (Wildman–Crippen MR) is 119 cm³/mol. The van der Waals surface area contributed by atoms with Gasteiger partial charge < -0.3 is 14.7 Å². The van der Waals surface area contributed by atoms with Crippen molar-refractivity contribution >= 4 is 23.4 Å². The largest absolute Gasteiger partial charge is 0.396 e. The normalized spacial score (nSPS) is 20.1. The second kappa shape index (κ2) is 10.3. The van der Waals surface area contributed by atoms with Crippen LogP contribution in [0.1, 0.15) is 23.7 Å². The number of aliphatic hydroxyl groups is 1. The molecule has 0 saturated carbocycles.